The molecule has 1 N–H and O–H groups in total. The maximum absolute atomic E-state index is 11.0. The van der Waals surface area contributed by atoms with Crippen molar-refractivity contribution in [2.75, 3.05) is 18.5 Å². The van der Waals surface area contributed by atoms with E-state index in [2.05, 4.69) is 5.32 Å². The van der Waals surface area contributed by atoms with E-state index < -0.39 is 0 Å². The zero-order valence-electron chi connectivity index (χ0n) is 12.4. The highest BCUT2D eigenvalue weighted by Gasteiger charge is 2.53. The van der Waals surface area contributed by atoms with Gasteiger partial charge in [0.05, 0.1) is 17.6 Å². The van der Waals surface area contributed by atoms with Crippen LogP contribution in [0.15, 0.2) is 18.2 Å². The lowest BCUT2D eigenvalue weighted by Crippen LogP contribution is -2.17. The standard InChI is InChI=1S/C16H22N2O3/c1-2-7-21-15-9-13(8-14(10-15)18(19)20)17-11-16(5-6-16)12-3-4-12/h8-10,12,17H,2-7,11H2,1H3. The van der Waals surface area contributed by atoms with Crippen LogP contribution in [-0.2, 0) is 0 Å². The van der Waals surface area contributed by atoms with Crippen molar-refractivity contribution in [2.45, 2.75) is 39.0 Å². The van der Waals surface area contributed by atoms with Crippen LogP contribution in [0.2, 0.25) is 0 Å². The number of non-ortho nitro benzene ring substituents is 1. The summed E-state index contributed by atoms with van der Waals surface area (Å²) in [5.74, 6) is 1.45. The summed E-state index contributed by atoms with van der Waals surface area (Å²) in [5, 5.41) is 14.4. The number of anilines is 1. The number of rotatable bonds is 8. The number of benzene rings is 1. The Kier molecular flexibility index (Phi) is 3.74. The number of nitro groups is 1. The molecule has 0 unspecified atom stereocenters. The fraction of sp³-hybridized carbons (Fsp3) is 0.625. The Labute approximate surface area is 124 Å². The summed E-state index contributed by atoms with van der Waals surface area (Å²) in [7, 11) is 0. The normalized spacial score (nSPS) is 19.1. The minimum Gasteiger partial charge on any atom is -0.493 e. The van der Waals surface area contributed by atoms with Crippen molar-refractivity contribution in [3.05, 3.63) is 28.3 Å². The fourth-order valence-electron chi connectivity index (χ4n) is 2.96. The van der Waals surface area contributed by atoms with Crippen molar-refractivity contribution >= 4 is 11.4 Å². The molecule has 0 aromatic heterocycles. The van der Waals surface area contributed by atoms with E-state index in [-0.39, 0.29) is 10.6 Å². The molecule has 3 rings (SSSR count). The second kappa shape index (κ2) is 5.54. The number of nitrogens with one attached hydrogen (secondary N) is 1. The van der Waals surface area contributed by atoms with Crippen LogP contribution in [-0.4, -0.2) is 18.1 Å². The third-order valence-corrected chi connectivity index (χ3v) is 4.56. The molecule has 2 aliphatic carbocycles. The summed E-state index contributed by atoms with van der Waals surface area (Å²) in [4.78, 5) is 10.7. The first-order valence-corrected chi connectivity index (χ1v) is 7.79. The molecule has 0 bridgehead atoms. The molecule has 1 aromatic rings. The van der Waals surface area contributed by atoms with E-state index in [9.17, 15) is 10.1 Å². The highest BCUT2D eigenvalue weighted by atomic mass is 16.6. The molecule has 0 aliphatic heterocycles. The molecule has 0 atom stereocenters. The Morgan fingerprint density at radius 3 is 2.71 bits per heavy atom. The maximum Gasteiger partial charge on any atom is 0.275 e. The summed E-state index contributed by atoms with van der Waals surface area (Å²) in [6.07, 6.45) is 6.16. The summed E-state index contributed by atoms with van der Waals surface area (Å²) < 4.78 is 5.55. The summed E-state index contributed by atoms with van der Waals surface area (Å²) in [6, 6.07) is 4.96. The van der Waals surface area contributed by atoms with E-state index in [1.165, 1.54) is 31.7 Å². The van der Waals surface area contributed by atoms with Gasteiger partial charge in [-0.3, -0.25) is 10.1 Å². The van der Waals surface area contributed by atoms with Crippen molar-refractivity contribution < 1.29 is 9.66 Å². The van der Waals surface area contributed by atoms with Gasteiger partial charge in [0, 0.05) is 24.4 Å². The van der Waals surface area contributed by atoms with Gasteiger partial charge in [-0.2, -0.15) is 0 Å². The van der Waals surface area contributed by atoms with Gasteiger partial charge in [0.25, 0.3) is 5.69 Å². The van der Waals surface area contributed by atoms with Gasteiger partial charge < -0.3 is 10.1 Å². The monoisotopic (exact) mass is 290 g/mol. The van der Waals surface area contributed by atoms with Crippen LogP contribution in [0.1, 0.15) is 39.0 Å². The minimum absolute atomic E-state index is 0.0855. The van der Waals surface area contributed by atoms with Crippen LogP contribution < -0.4 is 10.1 Å². The van der Waals surface area contributed by atoms with Gasteiger partial charge in [0.1, 0.15) is 5.75 Å². The number of nitrogens with zero attached hydrogens (tertiary/aromatic N) is 1. The molecule has 5 nitrogen and oxygen atoms in total. The molecule has 5 heteroatoms. The zero-order chi connectivity index (χ0) is 14.9. The van der Waals surface area contributed by atoms with E-state index in [4.69, 9.17) is 4.74 Å². The van der Waals surface area contributed by atoms with Crippen molar-refractivity contribution in [3.63, 3.8) is 0 Å². The molecule has 1 aromatic carbocycles. The lowest BCUT2D eigenvalue weighted by molar-refractivity contribution is -0.384. The summed E-state index contributed by atoms with van der Waals surface area (Å²) in [5.41, 5.74) is 1.35. The highest BCUT2D eigenvalue weighted by molar-refractivity contribution is 5.56. The summed E-state index contributed by atoms with van der Waals surface area (Å²) in [6.45, 7) is 3.52. The lowest BCUT2D eigenvalue weighted by atomic mass is 10.0. The number of hydrogen-bond donors (Lipinski definition) is 1. The molecule has 2 fully saturated rings. The molecule has 0 radical (unpaired) electrons. The zero-order valence-corrected chi connectivity index (χ0v) is 12.4. The van der Waals surface area contributed by atoms with Gasteiger partial charge in [-0.25, -0.2) is 0 Å². The quantitative estimate of drug-likeness (QED) is 0.581. The smallest absolute Gasteiger partial charge is 0.275 e. The van der Waals surface area contributed by atoms with Gasteiger partial charge in [0.2, 0.25) is 0 Å². The molecule has 2 saturated carbocycles. The van der Waals surface area contributed by atoms with Crippen LogP contribution in [0.25, 0.3) is 0 Å². The van der Waals surface area contributed by atoms with Crippen molar-refractivity contribution in [3.8, 4) is 5.75 Å². The molecular formula is C16H22N2O3. The van der Waals surface area contributed by atoms with Crippen LogP contribution in [0, 0.1) is 21.4 Å². The second-order valence-corrected chi connectivity index (χ2v) is 6.31. The topological polar surface area (TPSA) is 64.4 Å². The van der Waals surface area contributed by atoms with Gasteiger partial charge in [-0.05, 0) is 43.4 Å². The van der Waals surface area contributed by atoms with E-state index in [1.54, 1.807) is 6.07 Å². The van der Waals surface area contributed by atoms with Crippen molar-refractivity contribution in [1.82, 2.24) is 0 Å². The third-order valence-electron chi connectivity index (χ3n) is 4.56. The number of nitro benzene ring substituents is 1. The first kappa shape index (κ1) is 14.2. The van der Waals surface area contributed by atoms with E-state index >= 15 is 0 Å². The van der Waals surface area contributed by atoms with E-state index in [0.717, 1.165) is 24.6 Å². The molecule has 0 heterocycles. The van der Waals surface area contributed by atoms with Gasteiger partial charge in [-0.15, -0.1) is 0 Å². The average molecular weight is 290 g/mol. The molecular weight excluding hydrogens is 268 g/mol. The van der Waals surface area contributed by atoms with Crippen LogP contribution in [0.3, 0.4) is 0 Å². The lowest BCUT2D eigenvalue weighted by Gasteiger charge is -2.16. The Morgan fingerprint density at radius 2 is 2.14 bits per heavy atom. The summed E-state index contributed by atoms with van der Waals surface area (Å²) >= 11 is 0. The number of ether oxygens (including phenoxy) is 1. The van der Waals surface area contributed by atoms with Gasteiger partial charge in [0.15, 0.2) is 0 Å². The first-order valence-electron chi connectivity index (χ1n) is 7.79. The van der Waals surface area contributed by atoms with E-state index in [0.29, 0.717) is 17.8 Å². The molecule has 0 saturated heterocycles. The van der Waals surface area contributed by atoms with Crippen molar-refractivity contribution in [2.24, 2.45) is 11.3 Å². The van der Waals surface area contributed by atoms with Gasteiger partial charge >= 0.3 is 0 Å². The Hall–Kier alpha value is -1.78. The van der Waals surface area contributed by atoms with Crippen LogP contribution in [0.5, 0.6) is 5.75 Å². The SMILES string of the molecule is CCCOc1cc(NCC2(C3CC3)CC2)cc([N+](=O)[O-])c1. The second-order valence-electron chi connectivity index (χ2n) is 6.31. The Bertz CT molecular complexity index is 536. The molecule has 0 spiro atoms. The van der Waals surface area contributed by atoms with Gasteiger partial charge in [-0.1, -0.05) is 6.92 Å². The Morgan fingerprint density at radius 1 is 1.38 bits per heavy atom. The Balaban J connectivity index is 1.70. The first-order chi connectivity index (χ1) is 10.1. The fourth-order valence-corrected chi connectivity index (χ4v) is 2.96. The largest absolute Gasteiger partial charge is 0.493 e. The maximum atomic E-state index is 11.0. The third kappa shape index (κ3) is 3.28. The molecule has 0 amide bonds. The van der Waals surface area contributed by atoms with Crippen LogP contribution >= 0.6 is 0 Å². The highest BCUT2D eigenvalue weighted by Crippen LogP contribution is 2.61. The number of hydrogen-bond acceptors (Lipinski definition) is 4. The predicted octanol–water partition coefficient (Wildman–Crippen LogP) is 3.99. The average Bonchev–Trinajstić information content (AvgIpc) is 3.35. The predicted molar refractivity (Wildman–Crippen MR) is 81.8 cm³/mol. The molecule has 2 aliphatic rings. The molecule has 114 valence electrons. The molecule has 21 heavy (non-hydrogen) atoms. The van der Waals surface area contributed by atoms with E-state index in [1.807, 2.05) is 13.0 Å². The minimum atomic E-state index is -0.363. The van der Waals surface area contributed by atoms with Crippen LogP contribution in [0.4, 0.5) is 11.4 Å². The van der Waals surface area contributed by atoms with Crippen molar-refractivity contribution in [1.29, 1.82) is 0 Å².